The predicted octanol–water partition coefficient (Wildman–Crippen LogP) is 3.62. The number of nitrogens with one attached hydrogen (secondary N) is 3. The number of rotatable bonds is 5. The third-order valence-electron chi connectivity index (χ3n) is 3.23. The summed E-state index contributed by atoms with van der Waals surface area (Å²) in [6, 6.07) is 10.0. The molecule has 0 spiro atoms. The molecule has 0 saturated heterocycles. The van der Waals surface area contributed by atoms with Crippen LogP contribution < -0.4 is 20.7 Å². The van der Waals surface area contributed by atoms with Crippen LogP contribution in [0.1, 0.15) is 24.2 Å². The summed E-state index contributed by atoms with van der Waals surface area (Å²) in [5.74, 6) is -0.737. The number of carbonyl (C=O) groups excluding carboxylic acids is 2. The van der Waals surface area contributed by atoms with Crippen molar-refractivity contribution in [3.05, 3.63) is 53.8 Å². The summed E-state index contributed by atoms with van der Waals surface area (Å²) in [6.45, 7) is 3.72. The van der Waals surface area contributed by atoms with Crippen molar-refractivity contribution >= 4 is 23.3 Å². The molecule has 0 saturated carbocycles. The first kappa shape index (κ1) is 18.3. The first-order chi connectivity index (χ1) is 11.9. The van der Waals surface area contributed by atoms with Crippen LogP contribution in [0.5, 0.6) is 5.75 Å². The van der Waals surface area contributed by atoms with E-state index in [0.29, 0.717) is 11.4 Å². The van der Waals surface area contributed by atoms with Crippen LogP contribution in [0, 0.1) is 5.82 Å². The Hall–Kier alpha value is -3.09. The number of anilines is 2. The summed E-state index contributed by atoms with van der Waals surface area (Å²) in [5, 5.41) is 8.05. The number of benzene rings is 2. The third-order valence-corrected chi connectivity index (χ3v) is 3.23. The maximum absolute atomic E-state index is 13.4. The lowest BCUT2D eigenvalue weighted by Crippen LogP contribution is -2.34. The predicted molar refractivity (Wildman–Crippen MR) is 94.6 cm³/mol. The fourth-order valence-corrected chi connectivity index (χ4v) is 2.12. The Morgan fingerprint density at radius 2 is 1.60 bits per heavy atom. The molecule has 3 amide bonds. The average Bonchev–Trinajstić information content (AvgIpc) is 2.55. The number of urea groups is 1. The molecule has 25 heavy (non-hydrogen) atoms. The van der Waals surface area contributed by atoms with Crippen LogP contribution in [0.25, 0.3) is 0 Å². The Balaban J connectivity index is 2.05. The van der Waals surface area contributed by atoms with Crippen molar-refractivity contribution in [3.8, 4) is 5.75 Å². The molecule has 0 heterocycles. The van der Waals surface area contributed by atoms with E-state index < -0.39 is 11.7 Å². The molecule has 132 valence electrons. The van der Waals surface area contributed by atoms with Gasteiger partial charge in [0.2, 0.25) is 0 Å². The van der Waals surface area contributed by atoms with E-state index in [1.54, 1.807) is 24.3 Å². The lowest BCUT2D eigenvalue weighted by Gasteiger charge is -2.12. The van der Waals surface area contributed by atoms with E-state index in [9.17, 15) is 14.0 Å². The highest BCUT2D eigenvalue weighted by Gasteiger charge is 2.13. The monoisotopic (exact) mass is 345 g/mol. The zero-order chi connectivity index (χ0) is 18.4. The molecule has 0 aliphatic heterocycles. The van der Waals surface area contributed by atoms with Crippen LogP contribution in [0.2, 0.25) is 0 Å². The average molecular weight is 345 g/mol. The molecule has 6 nitrogen and oxygen atoms in total. The van der Waals surface area contributed by atoms with Gasteiger partial charge in [-0.2, -0.15) is 0 Å². The van der Waals surface area contributed by atoms with Gasteiger partial charge in [0.05, 0.1) is 12.7 Å². The lowest BCUT2D eigenvalue weighted by molar-refractivity contribution is 0.102. The summed E-state index contributed by atoms with van der Waals surface area (Å²) in [5.41, 5.74) is 1.19. The lowest BCUT2D eigenvalue weighted by atomic mass is 10.1. The molecule has 0 aliphatic rings. The molecule has 2 aromatic rings. The van der Waals surface area contributed by atoms with Crippen molar-refractivity contribution < 1.29 is 18.7 Å². The van der Waals surface area contributed by atoms with Gasteiger partial charge in [0.25, 0.3) is 5.91 Å². The van der Waals surface area contributed by atoms with Gasteiger partial charge in [0.1, 0.15) is 11.6 Å². The smallest absolute Gasteiger partial charge is 0.319 e. The minimum Gasteiger partial charge on any atom is -0.496 e. The Bertz CT molecular complexity index is 761. The first-order valence-corrected chi connectivity index (χ1v) is 7.71. The molecule has 0 atom stereocenters. The van der Waals surface area contributed by atoms with E-state index in [2.05, 4.69) is 16.0 Å². The molecule has 3 N–H and O–H groups in total. The molecule has 2 rings (SSSR count). The zero-order valence-electron chi connectivity index (χ0n) is 14.2. The minimum atomic E-state index is -0.526. The molecule has 0 unspecified atom stereocenters. The number of carbonyl (C=O) groups is 2. The number of ether oxygens (including phenoxy) is 1. The third kappa shape index (κ3) is 5.20. The molecule has 0 bridgehead atoms. The van der Waals surface area contributed by atoms with Crippen LogP contribution in [-0.2, 0) is 0 Å². The van der Waals surface area contributed by atoms with E-state index in [-0.39, 0.29) is 23.4 Å². The highest BCUT2D eigenvalue weighted by molar-refractivity contribution is 6.06. The van der Waals surface area contributed by atoms with Gasteiger partial charge in [0.15, 0.2) is 0 Å². The molecule has 0 fully saturated rings. The van der Waals surface area contributed by atoms with Crippen molar-refractivity contribution in [3.63, 3.8) is 0 Å². The zero-order valence-corrected chi connectivity index (χ0v) is 14.2. The normalized spacial score (nSPS) is 10.3. The summed E-state index contributed by atoms with van der Waals surface area (Å²) >= 11 is 0. The fraction of sp³-hybridized carbons (Fsp3) is 0.222. The van der Waals surface area contributed by atoms with E-state index in [0.717, 1.165) is 6.07 Å². The molecule has 0 radical (unpaired) electrons. The Labute approximate surface area is 145 Å². The van der Waals surface area contributed by atoms with E-state index in [4.69, 9.17) is 4.74 Å². The Morgan fingerprint density at radius 1 is 1.00 bits per heavy atom. The van der Waals surface area contributed by atoms with Crippen molar-refractivity contribution in [2.24, 2.45) is 0 Å². The second-order valence-corrected chi connectivity index (χ2v) is 5.63. The molecule has 2 aromatic carbocycles. The maximum Gasteiger partial charge on any atom is 0.319 e. The van der Waals surface area contributed by atoms with E-state index in [1.165, 1.54) is 19.2 Å². The van der Waals surface area contributed by atoms with Crippen molar-refractivity contribution in [1.29, 1.82) is 0 Å². The first-order valence-electron chi connectivity index (χ1n) is 7.71. The van der Waals surface area contributed by atoms with Gasteiger partial charge in [-0.15, -0.1) is 0 Å². The number of hydrogen-bond acceptors (Lipinski definition) is 3. The van der Waals surface area contributed by atoms with E-state index >= 15 is 0 Å². The topological polar surface area (TPSA) is 79.5 Å². The van der Waals surface area contributed by atoms with Crippen LogP contribution in [0.15, 0.2) is 42.5 Å². The van der Waals surface area contributed by atoms with Crippen LogP contribution in [0.4, 0.5) is 20.6 Å². The van der Waals surface area contributed by atoms with Gasteiger partial charge in [-0.1, -0.05) is 0 Å². The van der Waals surface area contributed by atoms with Crippen molar-refractivity contribution in [2.45, 2.75) is 19.9 Å². The standard InChI is InChI=1S/C18H20FN3O3/c1-11(2)20-18(24)22-14-7-5-13(6-8-14)21-17(23)15-10-12(19)4-9-16(15)25-3/h4-11H,1-3H3,(H,21,23)(H2,20,22,24). The number of amides is 3. The second-order valence-electron chi connectivity index (χ2n) is 5.63. The van der Waals surface area contributed by atoms with Crippen LogP contribution in [0.3, 0.4) is 0 Å². The second kappa shape index (κ2) is 8.14. The highest BCUT2D eigenvalue weighted by Crippen LogP contribution is 2.21. The fourth-order valence-electron chi connectivity index (χ4n) is 2.12. The summed E-state index contributed by atoms with van der Waals surface area (Å²) in [7, 11) is 1.41. The largest absolute Gasteiger partial charge is 0.496 e. The van der Waals surface area contributed by atoms with Crippen molar-refractivity contribution in [2.75, 3.05) is 17.7 Å². The highest BCUT2D eigenvalue weighted by atomic mass is 19.1. The van der Waals surface area contributed by atoms with Gasteiger partial charge in [-0.05, 0) is 56.3 Å². The van der Waals surface area contributed by atoms with Crippen LogP contribution in [-0.4, -0.2) is 25.1 Å². The molecule has 7 heteroatoms. The van der Waals surface area contributed by atoms with Crippen LogP contribution >= 0.6 is 0 Å². The molecular formula is C18H20FN3O3. The number of halogens is 1. The molecular weight excluding hydrogens is 325 g/mol. The van der Waals surface area contributed by atoms with Gasteiger partial charge < -0.3 is 20.7 Å². The van der Waals surface area contributed by atoms with E-state index in [1.807, 2.05) is 13.8 Å². The Morgan fingerprint density at radius 3 is 2.16 bits per heavy atom. The number of methoxy groups -OCH3 is 1. The van der Waals surface area contributed by atoms with Crippen molar-refractivity contribution in [1.82, 2.24) is 5.32 Å². The summed E-state index contributed by atoms with van der Waals surface area (Å²) < 4.78 is 18.4. The van der Waals surface area contributed by atoms with Gasteiger partial charge in [-0.25, -0.2) is 9.18 Å². The van der Waals surface area contributed by atoms with Gasteiger partial charge in [-0.3, -0.25) is 4.79 Å². The SMILES string of the molecule is COc1ccc(F)cc1C(=O)Nc1ccc(NC(=O)NC(C)C)cc1. The van der Waals surface area contributed by atoms with Gasteiger partial charge in [0, 0.05) is 17.4 Å². The minimum absolute atomic E-state index is 0.0276. The number of hydrogen-bond donors (Lipinski definition) is 3. The Kier molecular flexibility index (Phi) is 5.94. The molecule has 0 aromatic heterocycles. The summed E-state index contributed by atoms with van der Waals surface area (Å²) in [6.07, 6.45) is 0. The maximum atomic E-state index is 13.4. The molecule has 0 aliphatic carbocycles. The quantitative estimate of drug-likeness (QED) is 0.774. The summed E-state index contributed by atoms with van der Waals surface area (Å²) in [4.78, 5) is 23.9. The van der Waals surface area contributed by atoms with Gasteiger partial charge >= 0.3 is 6.03 Å².